The Balaban J connectivity index is 2.05. The van der Waals surface area contributed by atoms with Crippen molar-refractivity contribution in [3.8, 4) is 6.07 Å². The fourth-order valence-electron chi connectivity index (χ4n) is 2.39. The van der Waals surface area contributed by atoms with Crippen LogP contribution < -0.4 is 4.90 Å². The molecule has 0 spiro atoms. The van der Waals surface area contributed by atoms with Gasteiger partial charge in [0.05, 0.1) is 28.8 Å². The zero-order chi connectivity index (χ0) is 18.8. The summed E-state index contributed by atoms with van der Waals surface area (Å²) in [6.07, 6.45) is 2.67. The maximum atomic E-state index is 10.6. The Morgan fingerprint density at radius 2 is 1.62 bits per heavy atom. The number of hydrogen-bond donors (Lipinski definition) is 0. The second-order valence-corrected chi connectivity index (χ2v) is 5.74. The zero-order valence-electron chi connectivity index (χ0n) is 14.7. The normalized spacial score (nSPS) is 10.6. The summed E-state index contributed by atoms with van der Waals surface area (Å²) in [7, 11) is 0. The van der Waals surface area contributed by atoms with Crippen LogP contribution in [0.25, 0.3) is 0 Å². The number of hydrogen-bond acceptors (Lipinski definition) is 6. The number of unbranched alkanes of at least 4 members (excludes halogenated alkanes) is 1. The molecule has 0 amide bonds. The lowest BCUT2D eigenvalue weighted by molar-refractivity contribution is -0.384. The minimum Gasteiger partial charge on any atom is -0.371 e. The van der Waals surface area contributed by atoms with E-state index in [9.17, 15) is 10.1 Å². The van der Waals surface area contributed by atoms with Gasteiger partial charge in [0.25, 0.3) is 5.69 Å². The topological polar surface area (TPSA) is 94.9 Å². The molecule has 0 heterocycles. The molecule has 2 rings (SSSR count). The fraction of sp³-hybridized carbons (Fsp3) is 0.316. The van der Waals surface area contributed by atoms with E-state index in [1.165, 1.54) is 12.1 Å². The largest absolute Gasteiger partial charge is 0.371 e. The highest BCUT2D eigenvalue weighted by molar-refractivity contribution is 5.53. The Kier molecular flexibility index (Phi) is 7.25. The van der Waals surface area contributed by atoms with Crippen LogP contribution >= 0.6 is 0 Å². The summed E-state index contributed by atoms with van der Waals surface area (Å²) in [6.45, 7) is 3.77. The molecule has 0 fully saturated rings. The second kappa shape index (κ2) is 9.89. The molecular formula is C19H21N5O2. The van der Waals surface area contributed by atoms with Crippen molar-refractivity contribution in [2.75, 3.05) is 18.0 Å². The summed E-state index contributed by atoms with van der Waals surface area (Å²) >= 11 is 0. The maximum absolute atomic E-state index is 10.6. The van der Waals surface area contributed by atoms with Crippen LogP contribution in [-0.4, -0.2) is 18.0 Å². The van der Waals surface area contributed by atoms with E-state index in [-0.39, 0.29) is 5.69 Å². The molecule has 7 nitrogen and oxygen atoms in total. The molecule has 2 aromatic rings. The van der Waals surface area contributed by atoms with Crippen molar-refractivity contribution in [2.24, 2.45) is 10.2 Å². The molecule has 0 aliphatic rings. The highest BCUT2D eigenvalue weighted by Crippen LogP contribution is 2.24. The predicted molar refractivity (Wildman–Crippen MR) is 101 cm³/mol. The molecule has 0 saturated carbocycles. The van der Waals surface area contributed by atoms with Gasteiger partial charge in [-0.15, -0.1) is 0 Å². The summed E-state index contributed by atoms with van der Waals surface area (Å²) in [5.41, 5.74) is 2.34. The number of azo groups is 1. The lowest BCUT2D eigenvalue weighted by atomic mass is 10.2. The third-order valence-electron chi connectivity index (χ3n) is 3.83. The molecule has 0 saturated heterocycles. The van der Waals surface area contributed by atoms with E-state index in [0.29, 0.717) is 24.3 Å². The lowest BCUT2D eigenvalue weighted by Crippen LogP contribution is -2.25. The van der Waals surface area contributed by atoms with Crippen molar-refractivity contribution in [1.29, 1.82) is 5.26 Å². The van der Waals surface area contributed by atoms with Gasteiger partial charge in [-0.1, -0.05) is 13.3 Å². The van der Waals surface area contributed by atoms with Gasteiger partial charge in [-0.3, -0.25) is 10.1 Å². The van der Waals surface area contributed by atoms with E-state index in [1.54, 1.807) is 12.1 Å². The summed E-state index contributed by atoms with van der Waals surface area (Å²) < 4.78 is 0. The zero-order valence-corrected chi connectivity index (χ0v) is 14.7. The van der Waals surface area contributed by atoms with Crippen molar-refractivity contribution >= 4 is 22.7 Å². The van der Waals surface area contributed by atoms with Gasteiger partial charge in [0, 0.05) is 30.9 Å². The molecule has 0 N–H and O–H groups in total. The number of non-ortho nitro benzene ring substituents is 1. The first-order valence-corrected chi connectivity index (χ1v) is 8.52. The first-order chi connectivity index (χ1) is 12.6. The number of benzene rings is 2. The van der Waals surface area contributed by atoms with Crippen LogP contribution in [0.3, 0.4) is 0 Å². The third-order valence-corrected chi connectivity index (χ3v) is 3.83. The van der Waals surface area contributed by atoms with E-state index in [1.807, 2.05) is 24.3 Å². The molecule has 0 aliphatic carbocycles. The van der Waals surface area contributed by atoms with Crippen LogP contribution in [0.1, 0.15) is 26.2 Å². The first-order valence-electron chi connectivity index (χ1n) is 8.52. The Bertz CT molecular complexity index is 779. The van der Waals surface area contributed by atoms with Gasteiger partial charge in [0.2, 0.25) is 0 Å². The van der Waals surface area contributed by atoms with Crippen LogP contribution in [0, 0.1) is 21.4 Å². The van der Waals surface area contributed by atoms with E-state index < -0.39 is 4.92 Å². The quantitative estimate of drug-likeness (QED) is 0.337. The van der Waals surface area contributed by atoms with Gasteiger partial charge in [-0.25, -0.2) is 0 Å². The van der Waals surface area contributed by atoms with Gasteiger partial charge in [0.1, 0.15) is 0 Å². The van der Waals surface area contributed by atoms with E-state index >= 15 is 0 Å². The smallest absolute Gasteiger partial charge is 0.269 e. The van der Waals surface area contributed by atoms with E-state index in [0.717, 1.165) is 25.1 Å². The van der Waals surface area contributed by atoms with Crippen LogP contribution in [0.2, 0.25) is 0 Å². The molecule has 0 atom stereocenters. The van der Waals surface area contributed by atoms with Gasteiger partial charge < -0.3 is 4.90 Å². The van der Waals surface area contributed by atoms with E-state index in [4.69, 9.17) is 5.26 Å². The van der Waals surface area contributed by atoms with E-state index in [2.05, 4.69) is 28.1 Å². The number of nitro benzene ring substituents is 1. The SMILES string of the molecule is CCCCN(CCC#N)c1ccc(/N=N/c2ccc([N+](=O)[O-])cc2)cc1. The second-order valence-electron chi connectivity index (χ2n) is 5.74. The minimum absolute atomic E-state index is 0.0258. The molecule has 0 aromatic heterocycles. The number of nitro groups is 1. The van der Waals surface area contributed by atoms with Crippen LogP contribution in [-0.2, 0) is 0 Å². The Hall–Kier alpha value is -3.27. The fourth-order valence-corrected chi connectivity index (χ4v) is 2.39. The molecule has 0 bridgehead atoms. The van der Waals surface area contributed by atoms with Gasteiger partial charge in [-0.05, 0) is 42.8 Å². The van der Waals surface area contributed by atoms with Crippen molar-refractivity contribution in [3.05, 3.63) is 58.6 Å². The molecule has 7 heteroatoms. The van der Waals surface area contributed by atoms with Crippen molar-refractivity contribution in [1.82, 2.24) is 0 Å². The summed E-state index contributed by atoms with van der Waals surface area (Å²) in [5.74, 6) is 0. The van der Waals surface area contributed by atoms with Crippen molar-refractivity contribution in [3.63, 3.8) is 0 Å². The number of nitriles is 1. The molecule has 0 aliphatic heterocycles. The highest BCUT2D eigenvalue weighted by Gasteiger charge is 2.06. The molecule has 0 radical (unpaired) electrons. The predicted octanol–water partition coefficient (Wildman–Crippen LogP) is 5.53. The first kappa shape index (κ1) is 19.1. The highest BCUT2D eigenvalue weighted by atomic mass is 16.6. The third kappa shape index (κ3) is 5.67. The molecule has 26 heavy (non-hydrogen) atoms. The lowest BCUT2D eigenvalue weighted by Gasteiger charge is -2.23. The monoisotopic (exact) mass is 351 g/mol. The van der Waals surface area contributed by atoms with Crippen molar-refractivity contribution in [2.45, 2.75) is 26.2 Å². The number of rotatable bonds is 9. The average molecular weight is 351 g/mol. The Labute approximate surface area is 152 Å². The van der Waals surface area contributed by atoms with Gasteiger partial charge in [-0.2, -0.15) is 15.5 Å². The Morgan fingerprint density at radius 1 is 1.04 bits per heavy atom. The average Bonchev–Trinajstić information content (AvgIpc) is 2.67. The molecular weight excluding hydrogens is 330 g/mol. The van der Waals surface area contributed by atoms with Gasteiger partial charge >= 0.3 is 0 Å². The Morgan fingerprint density at radius 3 is 2.12 bits per heavy atom. The minimum atomic E-state index is -0.448. The van der Waals surface area contributed by atoms with Crippen LogP contribution in [0.15, 0.2) is 58.8 Å². The molecule has 134 valence electrons. The standard InChI is InChI=1S/C19H21N5O2/c1-2-3-14-23(15-4-13-20)18-9-5-16(6-10-18)21-22-17-7-11-19(12-8-17)24(25)26/h5-12H,2-4,14-15H2,1H3/b22-21+. The summed E-state index contributed by atoms with van der Waals surface area (Å²) in [4.78, 5) is 12.4. The van der Waals surface area contributed by atoms with Gasteiger partial charge in [0.15, 0.2) is 0 Å². The number of nitrogens with zero attached hydrogens (tertiary/aromatic N) is 5. The molecule has 0 unspecified atom stereocenters. The summed E-state index contributed by atoms with van der Waals surface area (Å²) in [6, 6.07) is 15.8. The van der Waals surface area contributed by atoms with Crippen molar-refractivity contribution < 1.29 is 4.92 Å². The summed E-state index contributed by atoms with van der Waals surface area (Å²) in [5, 5.41) is 27.7. The van der Waals surface area contributed by atoms with Crippen LogP contribution in [0.5, 0.6) is 0 Å². The maximum Gasteiger partial charge on any atom is 0.269 e. The number of anilines is 1. The van der Waals surface area contributed by atoms with Crippen LogP contribution in [0.4, 0.5) is 22.7 Å². The molecule has 2 aromatic carbocycles.